The Morgan fingerprint density at radius 3 is 2.72 bits per heavy atom. The lowest BCUT2D eigenvalue weighted by Gasteiger charge is -2.16. The van der Waals surface area contributed by atoms with Crippen LogP contribution in [0.5, 0.6) is 0 Å². The van der Waals surface area contributed by atoms with Gasteiger partial charge in [0.05, 0.1) is 5.56 Å². The average Bonchev–Trinajstić information content (AvgIpc) is 2.77. The zero-order valence-corrected chi connectivity index (χ0v) is 11.1. The third-order valence-electron chi connectivity index (χ3n) is 2.81. The van der Waals surface area contributed by atoms with Gasteiger partial charge in [0, 0.05) is 18.7 Å². The predicted molar refractivity (Wildman–Crippen MR) is 72.5 cm³/mol. The highest BCUT2D eigenvalue weighted by atomic mass is 16.4. The molecule has 96 valence electrons. The van der Waals surface area contributed by atoms with E-state index in [-0.39, 0.29) is 0 Å². The van der Waals surface area contributed by atoms with Crippen LogP contribution in [0.3, 0.4) is 0 Å². The van der Waals surface area contributed by atoms with Crippen LogP contribution < -0.4 is 5.32 Å². The first-order valence-corrected chi connectivity index (χ1v) is 6.36. The molecule has 0 aliphatic heterocycles. The molecule has 4 heteroatoms. The van der Waals surface area contributed by atoms with Gasteiger partial charge >= 0.3 is 0 Å². The maximum absolute atomic E-state index is 5.49. The van der Waals surface area contributed by atoms with Crippen molar-refractivity contribution >= 4 is 5.69 Å². The molecule has 4 nitrogen and oxygen atoms in total. The van der Waals surface area contributed by atoms with Crippen LogP contribution in [0, 0.1) is 6.92 Å². The second kappa shape index (κ2) is 5.67. The molecule has 0 saturated heterocycles. The van der Waals surface area contributed by atoms with Crippen LogP contribution in [0.15, 0.2) is 28.7 Å². The molecule has 1 heterocycles. The van der Waals surface area contributed by atoms with Crippen molar-refractivity contribution in [2.24, 2.45) is 0 Å². The monoisotopic (exact) mass is 245 g/mol. The summed E-state index contributed by atoms with van der Waals surface area (Å²) < 4.78 is 5.49. The Kier molecular flexibility index (Phi) is 3.97. The lowest BCUT2D eigenvalue weighted by Crippen LogP contribution is -2.15. The van der Waals surface area contributed by atoms with Crippen molar-refractivity contribution in [1.29, 1.82) is 0 Å². The second-order valence-corrected chi connectivity index (χ2v) is 4.51. The number of rotatable bonds is 5. The largest absolute Gasteiger partial charge is 0.421 e. The van der Waals surface area contributed by atoms with E-state index in [9.17, 15) is 0 Å². The zero-order chi connectivity index (χ0) is 13.0. The highest BCUT2D eigenvalue weighted by Crippen LogP contribution is 2.27. The van der Waals surface area contributed by atoms with Gasteiger partial charge in [0.1, 0.15) is 0 Å². The Bertz CT molecular complexity index is 507. The minimum absolute atomic E-state index is 0.431. The Morgan fingerprint density at radius 2 is 2.06 bits per heavy atom. The molecule has 1 aromatic carbocycles. The van der Waals surface area contributed by atoms with E-state index in [1.54, 1.807) is 6.92 Å². The molecule has 0 fully saturated rings. The smallest absolute Gasteiger partial charge is 0.249 e. The van der Waals surface area contributed by atoms with Gasteiger partial charge in [0.25, 0.3) is 0 Å². The summed E-state index contributed by atoms with van der Waals surface area (Å²) in [5.41, 5.74) is 2.00. The predicted octanol–water partition coefficient (Wildman–Crippen LogP) is 3.65. The van der Waals surface area contributed by atoms with E-state index >= 15 is 0 Å². The lowest BCUT2D eigenvalue weighted by atomic mass is 10.1. The van der Waals surface area contributed by atoms with Gasteiger partial charge in [0.15, 0.2) is 0 Å². The number of aryl methyl sites for hydroxylation is 1. The number of nitrogens with zero attached hydrogens (tertiary/aromatic N) is 2. The van der Waals surface area contributed by atoms with Crippen LogP contribution in [0.4, 0.5) is 5.69 Å². The molecule has 18 heavy (non-hydrogen) atoms. The van der Waals surface area contributed by atoms with Crippen molar-refractivity contribution in [2.75, 3.05) is 5.32 Å². The van der Waals surface area contributed by atoms with Crippen molar-refractivity contribution in [3.05, 3.63) is 30.2 Å². The summed E-state index contributed by atoms with van der Waals surface area (Å²) in [6.07, 6.45) is 2.30. The third kappa shape index (κ3) is 2.88. The van der Waals surface area contributed by atoms with Crippen LogP contribution in [0.2, 0.25) is 0 Å². The van der Waals surface area contributed by atoms with Crippen LogP contribution in [-0.2, 0) is 0 Å². The van der Waals surface area contributed by atoms with Gasteiger partial charge in [-0.15, -0.1) is 10.2 Å². The van der Waals surface area contributed by atoms with E-state index in [0.29, 0.717) is 17.8 Å². The summed E-state index contributed by atoms with van der Waals surface area (Å²) in [5, 5.41) is 11.4. The molecule has 0 saturated carbocycles. The van der Waals surface area contributed by atoms with E-state index in [0.717, 1.165) is 24.1 Å². The minimum atomic E-state index is 0.431. The molecule has 1 atom stereocenters. The first-order valence-electron chi connectivity index (χ1n) is 6.36. The lowest BCUT2D eigenvalue weighted by molar-refractivity contribution is 0.533. The molecular weight excluding hydrogens is 226 g/mol. The van der Waals surface area contributed by atoms with E-state index in [1.807, 2.05) is 24.3 Å². The fraction of sp³-hybridized carbons (Fsp3) is 0.429. The highest BCUT2D eigenvalue weighted by Gasteiger charge is 2.12. The molecule has 0 aliphatic carbocycles. The number of para-hydroxylation sites is 1. The molecule has 0 radical (unpaired) electrons. The molecular formula is C14H19N3O. The van der Waals surface area contributed by atoms with Gasteiger partial charge in [-0.2, -0.15) is 0 Å². The van der Waals surface area contributed by atoms with E-state index < -0.39 is 0 Å². The average molecular weight is 245 g/mol. The second-order valence-electron chi connectivity index (χ2n) is 4.51. The number of anilines is 1. The summed E-state index contributed by atoms with van der Waals surface area (Å²) in [6.45, 7) is 6.16. The van der Waals surface area contributed by atoms with Gasteiger partial charge in [-0.3, -0.25) is 0 Å². The van der Waals surface area contributed by atoms with Crippen LogP contribution in [-0.4, -0.2) is 16.2 Å². The molecule has 2 rings (SSSR count). The third-order valence-corrected chi connectivity index (χ3v) is 2.81. The van der Waals surface area contributed by atoms with E-state index in [1.165, 1.54) is 0 Å². The van der Waals surface area contributed by atoms with Gasteiger partial charge in [-0.1, -0.05) is 25.5 Å². The van der Waals surface area contributed by atoms with Gasteiger partial charge in [-0.25, -0.2) is 0 Å². The van der Waals surface area contributed by atoms with Crippen LogP contribution >= 0.6 is 0 Å². The Labute approximate surface area is 107 Å². The van der Waals surface area contributed by atoms with E-state index in [2.05, 4.69) is 29.4 Å². The standard InChI is InChI=1S/C14H19N3O/c1-4-7-10(2)15-13-9-6-5-8-12(13)14-17-16-11(3)18-14/h5-6,8-10,15H,4,7H2,1-3H3. The first kappa shape index (κ1) is 12.6. The number of hydrogen-bond acceptors (Lipinski definition) is 4. The van der Waals surface area contributed by atoms with E-state index in [4.69, 9.17) is 4.42 Å². The van der Waals surface area contributed by atoms with Gasteiger partial charge < -0.3 is 9.73 Å². The SMILES string of the molecule is CCCC(C)Nc1ccccc1-c1nnc(C)o1. The summed E-state index contributed by atoms with van der Waals surface area (Å²) in [7, 11) is 0. The zero-order valence-electron chi connectivity index (χ0n) is 11.1. The number of hydrogen-bond donors (Lipinski definition) is 1. The fourth-order valence-corrected chi connectivity index (χ4v) is 1.97. The molecule has 1 aromatic heterocycles. The fourth-order valence-electron chi connectivity index (χ4n) is 1.97. The molecule has 1 N–H and O–H groups in total. The summed E-state index contributed by atoms with van der Waals surface area (Å²) in [4.78, 5) is 0. The Hall–Kier alpha value is -1.84. The topological polar surface area (TPSA) is 51.0 Å². The highest BCUT2D eigenvalue weighted by molar-refractivity contribution is 5.72. The van der Waals surface area contributed by atoms with Crippen LogP contribution in [0.25, 0.3) is 11.5 Å². The van der Waals surface area contributed by atoms with Crippen molar-refractivity contribution < 1.29 is 4.42 Å². The van der Waals surface area contributed by atoms with Crippen molar-refractivity contribution in [3.63, 3.8) is 0 Å². The molecule has 0 amide bonds. The molecule has 0 aliphatic rings. The van der Waals surface area contributed by atoms with Crippen molar-refractivity contribution in [1.82, 2.24) is 10.2 Å². The summed E-state index contributed by atoms with van der Waals surface area (Å²) in [5.74, 6) is 1.15. The Balaban J connectivity index is 2.25. The van der Waals surface area contributed by atoms with Crippen molar-refractivity contribution in [2.45, 2.75) is 39.7 Å². The Morgan fingerprint density at radius 1 is 1.28 bits per heavy atom. The first-order chi connectivity index (χ1) is 8.70. The maximum atomic E-state index is 5.49. The quantitative estimate of drug-likeness (QED) is 0.873. The molecule has 2 aromatic rings. The number of aromatic nitrogens is 2. The normalized spacial score (nSPS) is 12.4. The summed E-state index contributed by atoms with van der Waals surface area (Å²) in [6, 6.07) is 8.45. The summed E-state index contributed by atoms with van der Waals surface area (Å²) >= 11 is 0. The maximum Gasteiger partial charge on any atom is 0.249 e. The minimum Gasteiger partial charge on any atom is -0.421 e. The molecule has 1 unspecified atom stereocenters. The van der Waals surface area contributed by atoms with Gasteiger partial charge in [-0.05, 0) is 25.5 Å². The number of nitrogens with one attached hydrogen (secondary N) is 1. The van der Waals surface area contributed by atoms with Crippen LogP contribution in [0.1, 0.15) is 32.6 Å². The molecule has 0 spiro atoms. The van der Waals surface area contributed by atoms with Gasteiger partial charge in [0.2, 0.25) is 11.8 Å². The molecule has 0 bridgehead atoms. The number of benzene rings is 1. The van der Waals surface area contributed by atoms with Crippen molar-refractivity contribution in [3.8, 4) is 11.5 Å².